The van der Waals surface area contributed by atoms with Crippen LogP contribution in [0.15, 0.2) is 54.1 Å². The van der Waals surface area contributed by atoms with Crippen LogP contribution in [0.2, 0.25) is 0 Å². The van der Waals surface area contributed by atoms with Gasteiger partial charge in [-0.15, -0.1) is 0 Å². The van der Waals surface area contributed by atoms with Crippen molar-refractivity contribution in [2.45, 2.75) is 142 Å². The van der Waals surface area contributed by atoms with E-state index >= 15 is 0 Å². The summed E-state index contributed by atoms with van der Waals surface area (Å²) in [5.74, 6) is 2.67. The zero-order valence-electron chi connectivity index (χ0n) is 33.7. The minimum Gasteiger partial charge on any atom is -0.497 e. The number of anilines is 1. The van der Waals surface area contributed by atoms with Crippen molar-refractivity contribution in [2.75, 3.05) is 25.5 Å². The van der Waals surface area contributed by atoms with Crippen LogP contribution in [0.4, 0.5) is 10.5 Å². The third-order valence-electron chi connectivity index (χ3n) is 15.5. The van der Waals surface area contributed by atoms with Crippen molar-refractivity contribution in [1.82, 2.24) is 4.90 Å². The number of carbonyl (C=O) groups is 2. The highest BCUT2D eigenvalue weighted by Crippen LogP contribution is 2.62. The number of rotatable bonds is 8. The second-order valence-electron chi connectivity index (χ2n) is 18.9. The van der Waals surface area contributed by atoms with Crippen LogP contribution >= 0.6 is 0 Å². The molecule has 0 aliphatic heterocycles. The third-order valence-corrected chi connectivity index (χ3v) is 15.5. The Morgan fingerprint density at radius 1 is 0.944 bits per heavy atom. The number of carbonyl (C=O) groups excluding carboxylic acids is 2. The van der Waals surface area contributed by atoms with Crippen molar-refractivity contribution in [3.63, 3.8) is 0 Å². The average Bonchev–Trinajstić information content (AvgIpc) is 3.42. The fraction of sp³-hybridized carbons (Fsp3) is 0.660. The van der Waals surface area contributed by atoms with E-state index in [1.165, 1.54) is 24.8 Å². The van der Waals surface area contributed by atoms with Gasteiger partial charge in [0.1, 0.15) is 5.75 Å². The van der Waals surface area contributed by atoms with Crippen LogP contribution in [0.25, 0.3) is 0 Å². The van der Waals surface area contributed by atoms with Crippen molar-refractivity contribution in [2.24, 2.45) is 34.5 Å². The molecule has 7 aliphatic rings. The Morgan fingerprint density at radius 3 is 2.41 bits per heavy atom. The molecule has 2 aromatic carbocycles. The molecule has 54 heavy (non-hydrogen) atoms. The summed E-state index contributed by atoms with van der Waals surface area (Å²) >= 11 is 0. The highest BCUT2D eigenvalue weighted by Gasteiger charge is 2.59. The topological polar surface area (TPSA) is 99.1 Å². The highest BCUT2D eigenvalue weighted by atomic mass is 16.5. The molecule has 5 saturated carbocycles. The maximum absolute atomic E-state index is 14.5. The van der Waals surface area contributed by atoms with Gasteiger partial charge in [0.15, 0.2) is 5.78 Å². The highest BCUT2D eigenvalue weighted by molar-refractivity contribution is 5.99. The summed E-state index contributed by atoms with van der Waals surface area (Å²) in [4.78, 5) is 30.9. The van der Waals surface area contributed by atoms with Gasteiger partial charge in [0.2, 0.25) is 0 Å². The predicted octanol–water partition coefficient (Wildman–Crippen LogP) is 10.1. The molecule has 0 aromatic heterocycles. The first-order valence-corrected chi connectivity index (χ1v) is 21.2. The minimum atomic E-state index is -1.17. The number of allylic oxidation sites excluding steroid dienone is 2. The van der Waals surface area contributed by atoms with Crippen LogP contribution in [0.5, 0.6) is 5.75 Å². The molecule has 4 bridgehead atoms. The Balaban J connectivity index is 1.25. The zero-order chi connectivity index (χ0) is 38.3. The summed E-state index contributed by atoms with van der Waals surface area (Å²) in [7, 11) is 1.64. The number of fused-ring (bicyclic) bond motifs is 10. The van der Waals surface area contributed by atoms with Crippen LogP contribution in [0, 0.1) is 34.5 Å². The van der Waals surface area contributed by atoms with Crippen molar-refractivity contribution < 1.29 is 24.5 Å². The summed E-state index contributed by atoms with van der Waals surface area (Å²) in [6.07, 6.45) is 15.4. The van der Waals surface area contributed by atoms with Gasteiger partial charge in [0.05, 0.1) is 25.4 Å². The summed E-state index contributed by atoms with van der Waals surface area (Å²) in [5, 5.41) is 27.5. The van der Waals surface area contributed by atoms with Gasteiger partial charge in [-0.05, 0) is 155 Å². The maximum Gasteiger partial charge on any atom is 0.321 e. The standard InChI is InChI=1S/C47H66N2O5/c1-31-10-9-24-46(4)41(39-22-14-32(26-37(50)19-13-31)27-40(39)43(51)33-11-7-6-8-12-33)23-25-47(46,53)30-49(29-34-15-16-35-28-42(34)45(35,2)3)44(52)48-36-17-20-38(54-5)21-18-36/h10,14,17-18,20-22,27,33-35,37,41-42,50,53H,6-9,11-13,15-16,19,23-26,28-30H2,1-5H3,(H,48,52). The third kappa shape index (κ3) is 7.65. The molecule has 9 rings (SSSR count). The molecule has 7 unspecified atom stereocenters. The van der Waals surface area contributed by atoms with Crippen LogP contribution in [-0.4, -0.2) is 58.8 Å². The molecule has 2 aromatic rings. The van der Waals surface area contributed by atoms with Crippen molar-refractivity contribution in [1.29, 1.82) is 0 Å². The number of nitrogens with zero attached hydrogens (tertiary/aromatic N) is 1. The molecule has 7 nitrogen and oxygen atoms in total. The van der Waals surface area contributed by atoms with Gasteiger partial charge in [-0.1, -0.05) is 63.8 Å². The quantitative estimate of drug-likeness (QED) is 0.185. The molecule has 0 spiro atoms. The van der Waals surface area contributed by atoms with Gasteiger partial charge in [0, 0.05) is 29.1 Å². The molecule has 0 heterocycles. The SMILES string of the molecule is COc1ccc(NC(=O)N(CC2CCC3CC2C3(C)C)CC2(O)CCC3c4ccc(cc4C(=O)C4CCCCC4)CC(O)CCC(C)=CCCC32C)cc1. The van der Waals surface area contributed by atoms with E-state index in [0.717, 1.165) is 86.1 Å². The molecule has 2 amide bonds. The maximum atomic E-state index is 14.5. The first-order chi connectivity index (χ1) is 25.8. The number of Topliss-reactive ketones (excluding diaryl/α,β-unsaturated/α-hetero) is 1. The monoisotopic (exact) mass is 738 g/mol. The summed E-state index contributed by atoms with van der Waals surface area (Å²) in [6.45, 7) is 10.1. The lowest BCUT2D eigenvalue weighted by atomic mass is 9.45. The average molecular weight is 739 g/mol. The van der Waals surface area contributed by atoms with Crippen LogP contribution in [0.1, 0.15) is 145 Å². The lowest BCUT2D eigenvalue weighted by Gasteiger charge is -2.60. The van der Waals surface area contributed by atoms with Crippen molar-refractivity contribution in [3.8, 4) is 5.75 Å². The number of hydrogen-bond donors (Lipinski definition) is 3. The number of ketones is 1. The zero-order valence-corrected chi connectivity index (χ0v) is 33.7. The lowest BCUT2D eigenvalue weighted by Crippen LogP contribution is -2.58. The first kappa shape index (κ1) is 39.1. The Morgan fingerprint density at radius 2 is 1.70 bits per heavy atom. The predicted molar refractivity (Wildman–Crippen MR) is 216 cm³/mol. The Kier molecular flexibility index (Phi) is 11.4. The Bertz CT molecular complexity index is 1690. The van der Waals surface area contributed by atoms with E-state index in [1.807, 2.05) is 29.2 Å². The van der Waals surface area contributed by atoms with Crippen molar-refractivity contribution >= 4 is 17.5 Å². The number of aliphatic hydroxyl groups excluding tert-OH is 1. The Labute approximate surface area is 324 Å². The smallest absolute Gasteiger partial charge is 0.321 e. The van der Waals surface area contributed by atoms with Gasteiger partial charge in [-0.25, -0.2) is 4.79 Å². The van der Waals surface area contributed by atoms with Gasteiger partial charge in [0.25, 0.3) is 0 Å². The number of nitrogens with one attached hydrogen (secondary N) is 1. The van der Waals surface area contributed by atoms with Crippen LogP contribution in [-0.2, 0) is 6.42 Å². The second-order valence-corrected chi connectivity index (χ2v) is 18.9. The number of hydrogen-bond acceptors (Lipinski definition) is 5. The molecular weight excluding hydrogens is 673 g/mol. The fourth-order valence-electron chi connectivity index (χ4n) is 11.7. The van der Waals surface area contributed by atoms with E-state index in [0.29, 0.717) is 43.3 Å². The number of urea groups is 1. The van der Waals surface area contributed by atoms with Crippen LogP contribution < -0.4 is 10.1 Å². The largest absolute Gasteiger partial charge is 0.497 e. The number of aliphatic hydroxyl groups is 2. The van der Waals surface area contributed by atoms with E-state index in [2.05, 4.69) is 57.3 Å². The molecule has 7 aliphatic carbocycles. The number of methoxy groups -OCH3 is 1. The van der Waals surface area contributed by atoms with E-state index in [9.17, 15) is 19.8 Å². The lowest BCUT2D eigenvalue weighted by molar-refractivity contribution is -0.117. The van der Waals surface area contributed by atoms with Gasteiger partial charge in [-0.3, -0.25) is 4.79 Å². The Hall–Kier alpha value is -3.16. The van der Waals surface area contributed by atoms with E-state index in [-0.39, 0.29) is 35.6 Å². The van der Waals surface area contributed by atoms with Crippen LogP contribution in [0.3, 0.4) is 0 Å². The first-order valence-electron chi connectivity index (χ1n) is 21.2. The molecule has 294 valence electrons. The fourth-order valence-corrected chi connectivity index (χ4v) is 11.7. The van der Waals surface area contributed by atoms with Gasteiger partial charge < -0.3 is 25.2 Å². The molecule has 5 fully saturated rings. The molecule has 0 radical (unpaired) electrons. The molecule has 7 heteroatoms. The number of amides is 2. The summed E-state index contributed by atoms with van der Waals surface area (Å²) < 4.78 is 5.37. The van der Waals surface area contributed by atoms with E-state index in [1.54, 1.807) is 7.11 Å². The normalized spacial score (nSPS) is 32.4. The number of ether oxygens (including phenoxy) is 1. The van der Waals surface area contributed by atoms with Crippen molar-refractivity contribution in [3.05, 3.63) is 70.8 Å². The summed E-state index contributed by atoms with van der Waals surface area (Å²) in [5.41, 5.74) is 3.33. The molecular formula is C47H66N2O5. The van der Waals surface area contributed by atoms with Gasteiger partial charge >= 0.3 is 6.03 Å². The summed E-state index contributed by atoms with van der Waals surface area (Å²) in [6, 6.07) is 13.7. The molecule has 3 N–H and O–H groups in total. The second kappa shape index (κ2) is 15.8. The van der Waals surface area contributed by atoms with E-state index < -0.39 is 17.1 Å². The van der Waals surface area contributed by atoms with Gasteiger partial charge in [-0.2, -0.15) is 0 Å². The van der Waals surface area contributed by atoms with E-state index in [4.69, 9.17) is 4.74 Å². The molecule has 0 saturated heterocycles. The molecule has 7 atom stereocenters. The number of benzene rings is 2. The minimum absolute atomic E-state index is 0.0247.